The van der Waals surface area contributed by atoms with Gasteiger partial charge in [0.05, 0.1) is 25.5 Å². The van der Waals surface area contributed by atoms with Crippen LogP contribution in [-0.2, 0) is 0 Å². The minimum absolute atomic E-state index is 0.338. The summed E-state index contributed by atoms with van der Waals surface area (Å²) in [5.74, 6) is 0. The van der Waals surface area contributed by atoms with E-state index < -0.39 is 0 Å². The van der Waals surface area contributed by atoms with Crippen molar-refractivity contribution in [2.24, 2.45) is 0 Å². The zero-order chi connectivity index (χ0) is 9.59. The van der Waals surface area contributed by atoms with E-state index in [4.69, 9.17) is 46.4 Å². The van der Waals surface area contributed by atoms with Crippen LogP contribution in [0.25, 0.3) is 10.1 Å². The number of thiophene rings is 1. The first-order valence-electron chi connectivity index (χ1n) is 3.24. The number of halogens is 4. The van der Waals surface area contributed by atoms with Crippen molar-refractivity contribution in [3.63, 3.8) is 0 Å². The van der Waals surface area contributed by atoms with Crippen LogP contribution < -0.4 is 0 Å². The van der Waals surface area contributed by atoms with Crippen LogP contribution in [0.3, 0.4) is 0 Å². The molecule has 0 atom stereocenters. The van der Waals surface area contributed by atoms with Crippen molar-refractivity contribution in [1.82, 2.24) is 0 Å². The molecule has 2 aromatic rings. The molecule has 0 aliphatic carbocycles. The van der Waals surface area contributed by atoms with E-state index >= 15 is 0 Å². The van der Waals surface area contributed by atoms with Gasteiger partial charge < -0.3 is 0 Å². The average molecular weight is 271 g/mol. The molecule has 0 amide bonds. The summed E-state index contributed by atoms with van der Waals surface area (Å²) in [6, 6.07) is 1.73. The van der Waals surface area contributed by atoms with Gasteiger partial charge in [-0.2, -0.15) is 0 Å². The van der Waals surface area contributed by atoms with E-state index in [1.165, 1.54) is 11.3 Å². The summed E-state index contributed by atoms with van der Waals surface area (Å²) in [5, 5.41) is 5.26. The predicted octanol–water partition coefficient (Wildman–Crippen LogP) is 5.32. The molecule has 1 aromatic heterocycles. The third-order valence-electron chi connectivity index (χ3n) is 1.60. The Kier molecular flexibility index (Phi) is 2.65. The van der Waals surface area contributed by atoms with Crippen molar-refractivity contribution in [2.75, 3.05) is 0 Å². The molecule has 2 rings (SSSR count). The van der Waals surface area contributed by atoms with Gasteiger partial charge in [-0.25, -0.2) is 0 Å². The van der Waals surface area contributed by atoms with Gasteiger partial charge in [-0.3, -0.25) is 0 Å². The van der Waals surface area contributed by atoms with Crippen molar-refractivity contribution >= 4 is 67.8 Å². The summed E-state index contributed by atoms with van der Waals surface area (Å²) in [5.41, 5.74) is 0. The Bertz CT molecular complexity index is 474. The second kappa shape index (κ2) is 3.48. The van der Waals surface area contributed by atoms with E-state index in [-0.39, 0.29) is 0 Å². The highest BCUT2D eigenvalue weighted by atomic mass is 35.5. The molecule has 0 fully saturated rings. The second-order valence-corrected chi connectivity index (χ2v) is 4.77. The van der Waals surface area contributed by atoms with E-state index in [1.807, 2.05) is 0 Å². The number of rotatable bonds is 0. The van der Waals surface area contributed by atoms with Crippen LogP contribution in [0.1, 0.15) is 0 Å². The molecular weight excluding hydrogens is 270 g/mol. The van der Waals surface area contributed by atoms with Gasteiger partial charge in [-0.1, -0.05) is 46.4 Å². The average Bonchev–Trinajstić information content (AvgIpc) is 2.43. The molecule has 0 aliphatic rings. The minimum Gasteiger partial charge on any atom is -0.133 e. The summed E-state index contributed by atoms with van der Waals surface area (Å²) < 4.78 is 0.893. The highest BCUT2D eigenvalue weighted by Gasteiger charge is 2.13. The smallest absolute Gasteiger partial charge is 0.0786 e. The molecular formula is C8HCl4S. The van der Waals surface area contributed by atoms with Crippen molar-refractivity contribution in [3.05, 3.63) is 31.5 Å². The molecule has 0 saturated carbocycles. The van der Waals surface area contributed by atoms with Gasteiger partial charge in [0.25, 0.3) is 0 Å². The highest BCUT2D eigenvalue weighted by molar-refractivity contribution is 7.17. The number of fused-ring (bicyclic) bond motifs is 1. The van der Waals surface area contributed by atoms with Crippen molar-refractivity contribution in [3.8, 4) is 0 Å². The van der Waals surface area contributed by atoms with Crippen LogP contribution in [0.15, 0.2) is 6.07 Å². The van der Waals surface area contributed by atoms with Gasteiger partial charge in [-0.05, 0) is 6.07 Å². The van der Waals surface area contributed by atoms with E-state index in [0.29, 0.717) is 20.1 Å². The lowest BCUT2D eigenvalue weighted by Crippen LogP contribution is -1.73. The van der Waals surface area contributed by atoms with Crippen LogP contribution in [0.4, 0.5) is 0 Å². The van der Waals surface area contributed by atoms with Crippen LogP contribution in [-0.4, -0.2) is 0 Å². The largest absolute Gasteiger partial charge is 0.133 e. The molecule has 13 heavy (non-hydrogen) atoms. The van der Waals surface area contributed by atoms with Gasteiger partial charge in [0.1, 0.15) is 0 Å². The summed E-state index contributed by atoms with van der Waals surface area (Å²) in [6.45, 7) is 0. The molecule has 1 radical (unpaired) electrons. The molecule has 0 saturated heterocycles. The maximum atomic E-state index is 5.96. The van der Waals surface area contributed by atoms with E-state index in [9.17, 15) is 0 Å². The van der Waals surface area contributed by atoms with E-state index in [2.05, 4.69) is 5.38 Å². The maximum Gasteiger partial charge on any atom is 0.0786 e. The number of hydrogen-bond acceptors (Lipinski definition) is 1. The third-order valence-corrected chi connectivity index (χ3v) is 4.10. The Morgan fingerprint density at radius 3 is 2.46 bits per heavy atom. The van der Waals surface area contributed by atoms with Crippen molar-refractivity contribution in [1.29, 1.82) is 0 Å². The summed E-state index contributed by atoms with van der Waals surface area (Å²) in [4.78, 5) is 0. The maximum absolute atomic E-state index is 5.96. The highest BCUT2D eigenvalue weighted by Crippen LogP contribution is 2.42. The lowest BCUT2D eigenvalue weighted by Gasteiger charge is -2.00. The summed E-state index contributed by atoms with van der Waals surface area (Å²) in [6.07, 6.45) is 0. The van der Waals surface area contributed by atoms with Gasteiger partial charge in [0, 0.05) is 10.1 Å². The lowest BCUT2D eigenvalue weighted by molar-refractivity contribution is 1.83. The zero-order valence-electron chi connectivity index (χ0n) is 6.00. The second-order valence-electron chi connectivity index (χ2n) is 2.38. The third kappa shape index (κ3) is 1.53. The fourth-order valence-electron chi connectivity index (χ4n) is 1.01. The lowest BCUT2D eigenvalue weighted by atomic mass is 10.2. The Morgan fingerprint density at radius 2 is 1.77 bits per heavy atom. The molecule has 0 unspecified atom stereocenters. The first-order valence-corrected chi connectivity index (χ1v) is 5.57. The van der Waals surface area contributed by atoms with Gasteiger partial charge in [-0.15, -0.1) is 11.3 Å². The molecule has 0 N–H and O–H groups in total. The monoisotopic (exact) mass is 269 g/mol. The molecule has 67 valence electrons. The number of benzene rings is 1. The SMILES string of the molecule is Clc1cc2s[c]c(Cl)c2c(Cl)c1Cl. The molecule has 0 spiro atoms. The van der Waals surface area contributed by atoms with Crippen molar-refractivity contribution < 1.29 is 0 Å². The topological polar surface area (TPSA) is 0 Å². The molecule has 1 heterocycles. The van der Waals surface area contributed by atoms with E-state index in [0.717, 1.165) is 10.1 Å². The first kappa shape index (κ1) is 9.88. The predicted molar refractivity (Wildman–Crippen MR) is 60.7 cm³/mol. The van der Waals surface area contributed by atoms with Crippen molar-refractivity contribution in [2.45, 2.75) is 0 Å². The fraction of sp³-hybridized carbons (Fsp3) is 0. The van der Waals surface area contributed by atoms with Gasteiger partial charge >= 0.3 is 0 Å². The van der Waals surface area contributed by atoms with Gasteiger partial charge in [0.2, 0.25) is 0 Å². The normalized spacial score (nSPS) is 11.1. The quantitative estimate of drug-likeness (QED) is 0.569. The van der Waals surface area contributed by atoms with Crippen LogP contribution >= 0.6 is 57.7 Å². The standard InChI is InChI=1S/C8HCl4S/c9-3-1-5-6(4(10)2-13-5)8(12)7(3)11/h1H. The van der Waals surface area contributed by atoms with Crippen LogP contribution in [0.2, 0.25) is 20.1 Å². The Balaban J connectivity index is 2.97. The molecule has 0 bridgehead atoms. The van der Waals surface area contributed by atoms with Crippen LogP contribution in [0.5, 0.6) is 0 Å². The Hall–Kier alpha value is 0.340. The first-order chi connectivity index (χ1) is 6.11. The number of hydrogen-bond donors (Lipinski definition) is 0. The zero-order valence-corrected chi connectivity index (χ0v) is 9.84. The molecule has 0 aliphatic heterocycles. The summed E-state index contributed by atoms with van der Waals surface area (Å²) >= 11 is 24.9. The Morgan fingerprint density at radius 1 is 1.08 bits per heavy atom. The Labute approximate surface area is 99.0 Å². The molecule has 1 aromatic carbocycles. The molecule has 0 nitrogen and oxygen atoms in total. The summed E-state index contributed by atoms with van der Waals surface area (Å²) in [7, 11) is 0. The molecule has 5 heteroatoms. The van der Waals surface area contributed by atoms with Gasteiger partial charge in [0.15, 0.2) is 0 Å². The fourth-order valence-corrected chi connectivity index (χ4v) is 3.03. The minimum atomic E-state index is 0.338. The van der Waals surface area contributed by atoms with Crippen LogP contribution in [0, 0.1) is 5.38 Å². The van der Waals surface area contributed by atoms with E-state index in [1.54, 1.807) is 6.07 Å².